The number of rotatable bonds is 4. The van der Waals surface area contributed by atoms with Crippen LogP contribution in [0.4, 0.5) is 5.95 Å². The average molecular weight is 409 g/mol. The smallest absolute Gasteiger partial charge is 0.233 e. The number of anilines is 1. The molecule has 0 unspecified atom stereocenters. The molecule has 0 aliphatic rings. The predicted octanol–water partition coefficient (Wildman–Crippen LogP) is 4.11. The fourth-order valence-corrected chi connectivity index (χ4v) is 2.61. The van der Waals surface area contributed by atoms with Gasteiger partial charge in [0.2, 0.25) is 12.4 Å². The molecule has 0 fully saturated rings. The van der Waals surface area contributed by atoms with Crippen molar-refractivity contribution in [2.45, 2.75) is 76.9 Å². The van der Waals surface area contributed by atoms with E-state index in [0.29, 0.717) is 11.0 Å². The molecule has 0 bridgehead atoms. The summed E-state index contributed by atoms with van der Waals surface area (Å²) in [6.45, 7) is 16.3. The second kappa shape index (κ2) is 8.96. The van der Waals surface area contributed by atoms with Crippen LogP contribution in [0, 0.1) is 0 Å². The summed E-state index contributed by atoms with van der Waals surface area (Å²) in [4.78, 5) is 17.9. The van der Waals surface area contributed by atoms with Crippen molar-refractivity contribution in [3.63, 3.8) is 0 Å². The monoisotopic (exact) mass is 408 g/mol. The maximum absolute atomic E-state index is 10.0. The van der Waals surface area contributed by atoms with E-state index in [1.54, 1.807) is 20.1 Å². The van der Waals surface area contributed by atoms with Gasteiger partial charge in [0.25, 0.3) is 0 Å². The van der Waals surface area contributed by atoms with Crippen molar-refractivity contribution in [3.8, 4) is 0 Å². The molecule has 156 valence electrons. The Morgan fingerprint density at radius 1 is 1.04 bits per heavy atom. The first-order valence-corrected chi connectivity index (χ1v) is 9.80. The Morgan fingerprint density at radius 2 is 1.50 bits per heavy atom. The number of nitrogens with zero attached hydrogens (tertiary/aromatic N) is 2. The number of amides is 1. The Hall–Kier alpha value is -2.06. The topological polar surface area (TPSA) is 114 Å². The molecule has 2 aromatic rings. The Bertz CT molecular complexity index is 752. The van der Waals surface area contributed by atoms with Crippen molar-refractivity contribution in [1.29, 1.82) is 0 Å². The van der Waals surface area contributed by atoms with Gasteiger partial charge in [-0.3, -0.25) is 9.52 Å². The lowest BCUT2D eigenvalue weighted by molar-refractivity contribution is -0.106. The third-order valence-corrected chi connectivity index (χ3v) is 4.49. The summed E-state index contributed by atoms with van der Waals surface area (Å²) >= 11 is 1.30. The summed E-state index contributed by atoms with van der Waals surface area (Å²) in [6, 6.07) is 3.89. The van der Waals surface area contributed by atoms with E-state index in [0.717, 1.165) is 17.0 Å². The highest BCUT2D eigenvalue weighted by atomic mass is 32.2. The van der Waals surface area contributed by atoms with E-state index < -0.39 is 5.60 Å². The first-order valence-electron chi connectivity index (χ1n) is 8.98. The molecule has 0 aromatic carbocycles. The van der Waals surface area contributed by atoms with Crippen LogP contribution in [-0.2, 0) is 21.2 Å². The molecule has 0 aliphatic carbocycles. The minimum Gasteiger partial charge on any atom is -0.456 e. The third kappa shape index (κ3) is 7.16. The van der Waals surface area contributed by atoms with Crippen molar-refractivity contribution >= 4 is 24.3 Å². The van der Waals surface area contributed by atoms with Crippen LogP contribution in [-0.4, -0.2) is 21.5 Å². The van der Waals surface area contributed by atoms with Gasteiger partial charge in [-0.2, -0.15) is 0 Å². The molecule has 0 radical (unpaired) electrons. The van der Waals surface area contributed by atoms with Crippen molar-refractivity contribution < 1.29 is 14.3 Å². The van der Waals surface area contributed by atoms with E-state index in [4.69, 9.17) is 9.21 Å². The van der Waals surface area contributed by atoms with Crippen molar-refractivity contribution in [1.82, 2.24) is 9.97 Å². The van der Waals surface area contributed by atoms with Crippen LogP contribution in [0.3, 0.4) is 0 Å². The molecule has 0 spiro atoms. The molecular weight excluding hydrogens is 376 g/mol. The molecule has 0 saturated heterocycles. The van der Waals surface area contributed by atoms with Crippen molar-refractivity contribution in [3.05, 3.63) is 35.3 Å². The Morgan fingerprint density at radius 3 is 1.86 bits per heavy atom. The number of furan rings is 1. The van der Waals surface area contributed by atoms with Gasteiger partial charge >= 0.3 is 0 Å². The lowest BCUT2D eigenvalue weighted by Gasteiger charge is -2.24. The molecule has 1 amide bonds. The van der Waals surface area contributed by atoms with Crippen LogP contribution >= 0.6 is 11.9 Å². The van der Waals surface area contributed by atoms with Crippen molar-refractivity contribution in [2.24, 2.45) is 5.73 Å². The number of carbonyl (C=O) groups is 1. The van der Waals surface area contributed by atoms with E-state index in [1.165, 1.54) is 11.9 Å². The lowest BCUT2D eigenvalue weighted by atomic mass is 9.87. The van der Waals surface area contributed by atoms with E-state index in [9.17, 15) is 5.11 Å². The molecule has 2 aromatic heterocycles. The summed E-state index contributed by atoms with van der Waals surface area (Å²) in [5, 5.41) is 10.7. The second-order valence-corrected chi connectivity index (χ2v) is 9.83. The zero-order chi connectivity index (χ0) is 21.8. The van der Waals surface area contributed by atoms with Crippen molar-refractivity contribution in [2.75, 3.05) is 4.72 Å². The number of carbonyl (C=O) groups excluding carboxylic acids is 1. The van der Waals surface area contributed by atoms with Gasteiger partial charge in [0.05, 0.1) is 23.3 Å². The van der Waals surface area contributed by atoms with Gasteiger partial charge in [0.15, 0.2) is 5.09 Å². The summed E-state index contributed by atoms with van der Waals surface area (Å²) < 4.78 is 8.66. The molecule has 7 nitrogen and oxygen atoms in total. The Kier molecular flexibility index (Phi) is 7.67. The summed E-state index contributed by atoms with van der Waals surface area (Å²) in [6.07, 6.45) is 1.82. The van der Waals surface area contributed by atoms with Crippen LogP contribution in [0.2, 0.25) is 0 Å². The fraction of sp³-hybridized carbons (Fsp3) is 0.550. The molecule has 0 saturated carbocycles. The maximum atomic E-state index is 10.0. The molecule has 8 heteroatoms. The number of aromatic nitrogens is 2. The molecule has 28 heavy (non-hydrogen) atoms. The third-order valence-electron chi connectivity index (χ3n) is 3.79. The molecule has 2 heterocycles. The van der Waals surface area contributed by atoms with E-state index in [-0.39, 0.29) is 17.2 Å². The number of nitrogens with one attached hydrogen (secondary N) is 1. The maximum Gasteiger partial charge on any atom is 0.233 e. The first kappa shape index (κ1) is 24.0. The number of hydrogen-bond donors (Lipinski definition) is 3. The number of hydrogen-bond acceptors (Lipinski definition) is 7. The minimum atomic E-state index is -0.926. The highest BCUT2D eigenvalue weighted by Crippen LogP contribution is 2.30. The zero-order valence-corrected chi connectivity index (χ0v) is 18.8. The number of aliphatic hydroxyl groups is 1. The molecule has 4 N–H and O–H groups in total. The number of nitrogens with two attached hydrogens (primary N) is 1. The molecular formula is C20H32N4O3S. The van der Waals surface area contributed by atoms with Gasteiger partial charge in [0, 0.05) is 28.3 Å². The van der Waals surface area contributed by atoms with Gasteiger partial charge in [0.1, 0.15) is 0 Å². The quantitative estimate of drug-likeness (QED) is 0.515. The number of primary amides is 1. The van der Waals surface area contributed by atoms with Crippen LogP contribution in [0.25, 0.3) is 0 Å². The van der Waals surface area contributed by atoms with Gasteiger partial charge < -0.3 is 15.3 Å². The van der Waals surface area contributed by atoms with E-state index in [2.05, 4.69) is 68.0 Å². The zero-order valence-electron chi connectivity index (χ0n) is 18.0. The first-order chi connectivity index (χ1) is 12.7. The van der Waals surface area contributed by atoms with Gasteiger partial charge in [-0.25, -0.2) is 9.97 Å². The predicted molar refractivity (Wildman–Crippen MR) is 113 cm³/mol. The molecule has 0 atom stereocenters. The second-order valence-electron chi connectivity index (χ2n) is 9.02. The SMILES string of the molecule is CC(C)(C)c1cc(C(C)(C)C)nc(NSc2cc(C(C)(C)O)co2)n1.NC=O. The van der Waals surface area contributed by atoms with Crippen LogP contribution < -0.4 is 10.5 Å². The van der Waals surface area contributed by atoms with Gasteiger partial charge in [-0.05, 0) is 26.0 Å². The lowest BCUT2D eigenvalue weighted by Crippen LogP contribution is -2.20. The van der Waals surface area contributed by atoms with Crippen LogP contribution in [0.1, 0.15) is 72.3 Å². The van der Waals surface area contributed by atoms with Crippen LogP contribution in [0.5, 0.6) is 0 Å². The minimum absolute atomic E-state index is 0.0667. The summed E-state index contributed by atoms with van der Waals surface area (Å²) in [7, 11) is 0. The highest BCUT2D eigenvalue weighted by molar-refractivity contribution is 8.00. The summed E-state index contributed by atoms with van der Waals surface area (Å²) in [5.41, 5.74) is 5.83. The largest absolute Gasteiger partial charge is 0.456 e. The Labute approximate surface area is 171 Å². The van der Waals surface area contributed by atoms with E-state index >= 15 is 0 Å². The molecule has 0 aliphatic heterocycles. The van der Waals surface area contributed by atoms with Crippen LogP contribution in [0.15, 0.2) is 27.9 Å². The fourth-order valence-electron chi connectivity index (χ4n) is 2.05. The average Bonchev–Trinajstić information content (AvgIpc) is 3.01. The van der Waals surface area contributed by atoms with Gasteiger partial charge in [-0.1, -0.05) is 41.5 Å². The molecule has 2 rings (SSSR count). The van der Waals surface area contributed by atoms with E-state index in [1.807, 2.05) is 6.07 Å². The summed E-state index contributed by atoms with van der Waals surface area (Å²) in [5.74, 6) is 0.559. The normalized spacial score (nSPS) is 12.2. The Balaban J connectivity index is 0.00000122. The van der Waals surface area contributed by atoms with Gasteiger partial charge in [-0.15, -0.1) is 0 Å². The highest BCUT2D eigenvalue weighted by Gasteiger charge is 2.23. The standard InChI is InChI=1S/C19H29N3O2S.CH3NO/c1-17(2,3)13-10-14(18(4,5)6)21-16(20-13)22-25-15-9-12(11-24-15)19(7,8)23;2-1-3/h9-11,23H,1-8H3,(H,20,21,22);1H,(H2,2,3).